The Kier molecular flexibility index (Phi) is 19.1. The van der Waals surface area contributed by atoms with Crippen LogP contribution in [0.4, 0.5) is 0 Å². The molecule has 0 fully saturated rings. The van der Waals surface area contributed by atoms with Crippen LogP contribution in [0.5, 0.6) is 0 Å². The molecule has 3 atom stereocenters. The third kappa shape index (κ3) is 12.9. The van der Waals surface area contributed by atoms with E-state index in [-0.39, 0.29) is 6.54 Å². The summed E-state index contributed by atoms with van der Waals surface area (Å²) in [4.78, 5) is 35.2. The average molecular weight is 512 g/mol. The van der Waals surface area contributed by atoms with Gasteiger partial charge in [-0.25, -0.2) is 9.59 Å². The van der Waals surface area contributed by atoms with Crippen LogP contribution in [-0.4, -0.2) is 57.3 Å². The van der Waals surface area contributed by atoms with Crippen molar-refractivity contribution in [2.45, 2.75) is 149 Å². The van der Waals surface area contributed by atoms with E-state index in [9.17, 15) is 29.7 Å². The second kappa shape index (κ2) is 20.2. The van der Waals surface area contributed by atoms with Crippen molar-refractivity contribution in [2.75, 3.05) is 6.54 Å². The van der Waals surface area contributed by atoms with Gasteiger partial charge >= 0.3 is 11.9 Å². The predicted octanol–water partition coefficient (Wildman–Crippen LogP) is 5.71. The van der Waals surface area contributed by atoms with Gasteiger partial charge in [-0.15, -0.1) is 0 Å². The lowest BCUT2D eigenvalue weighted by Gasteiger charge is -2.49. The quantitative estimate of drug-likeness (QED) is 0.0975. The third-order valence-corrected chi connectivity index (χ3v) is 7.78. The number of carbonyl (C=O) groups excluding carboxylic acids is 1. The van der Waals surface area contributed by atoms with Crippen molar-refractivity contribution in [2.24, 2.45) is 0 Å². The molecule has 0 rings (SSSR count). The first-order valence-corrected chi connectivity index (χ1v) is 14.3. The van der Waals surface area contributed by atoms with E-state index in [0.717, 1.165) is 25.7 Å². The summed E-state index contributed by atoms with van der Waals surface area (Å²) in [6.45, 7) is 6.57. The van der Waals surface area contributed by atoms with Gasteiger partial charge in [0.2, 0.25) is 0 Å². The van der Waals surface area contributed by atoms with E-state index in [1.54, 1.807) is 0 Å². The molecule has 0 aliphatic rings. The molecule has 2 N–H and O–H groups in total. The van der Waals surface area contributed by atoms with Crippen LogP contribution < -0.4 is 5.11 Å². The van der Waals surface area contributed by atoms with E-state index in [1.165, 1.54) is 91.4 Å². The Labute approximate surface area is 219 Å². The fraction of sp³-hybridized carbons (Fsp3) is 0.828. The van der Waals surface area contributed by atoms with Gasteiger partial charge in [0.05, 0.1) is 12.5 Å². The Morgan fingerprint density at radius 1 is 0.639 bits per heavy atom. The molecule has 0 saturated heterocycles. The van der Waals surface area contributed by atoms with Crippen molar-refractivity contribution in [3.63, 3.8) is 0 Å². The SMILES string of the molecule is CCCCCC/C=C/CCCCCCCCCCCC[N+](C(C)C(=O)[O-])(C(C)C(=O)O)C(C)C(=O)O. The van der Waals surface area contributed by atoms with Crippen LogP contribution >= 0.6 is 0 Å². The second-order valence-electron chi connectivity index (χ2n) is 10.4. The van der Waals surface area contributed by atoms with Crippen LogP contribution in [0.15, 0.2) is 12.2 Å². The van der Waals surface area contributed by atoms with Gasteiger partial charge in [0.25, 0.3) is 0 Å². The molecule has 0 aliphatic heterocycles. The number of carboxylic acid groups (broad SMARTS) is 3. The van der Waals surface area contributed by atoms with Gasteiger partial charge in [0.1, 0.15) is 6.04 Å². The summed E-state index contributed by atoms with van der Waals surface area (Å²) in [5, 5.41) is 30.9. The maximum atomic E-state index is 11.8. The summed E-state index contributed by atoms with van der Waals surface area (Å²) in [6, 6.07) is -3.56. The molecule has 0 heterocycles. The van der Waals surface area contributed by atoms with Crippen molar-refractivity contribution in [3.05, 3.63) is 12.2 Å². The van der Waals surface area contributed by atoms with E-state index in [1.807, 2.05) is 0 Å². The number of quaternary nitrogens is 1. The minimum atomic E-state index is -1.42. The molecule has 210 valence electrons. The average Bonchev–Trinajstić information content (AvgIpc) is 2.84. The van der Waals surface area contributed by atoms with E-state index in [4.69, 9.17) is 0 Å². The molecule has 0 aromatic rings. The number of hydrogen-bond donors (Lipinski definition) is 2. The number of carbonyl (C=O) groups is 3. The van der Waals surface area contributed by atoms with Crippen LogP contribution in [0.2, 0.25) is 0 Å². The first kappa shape index (κ1) is 34.1. The molecule has 7 nitrogen and oxygen atoms in total. The summed E-state index contributed by atoms with van der Waals surface area (Å²) < 4.78 is -0.541. The summed E-state index contributed by atoms with van der Waals surface area (Å²) in [5.74, 6) is -3.82. The highest BCUT2D eigenvalue weighted by atomic mass is 16.4. The highest BCUT2D eigenvalue weighted by Gasteiger charge is 2.50. The van der Waals surface area contributed by atoms with Crippen LogP contribution in [0.3, 0.4) is 0 Å². The van der Waals surface area contributed by atoms with Crippen LogP contribution in [0.25, 0.3) is 0 Å². The van der Waals surface area contributed by atoms with Crippen LogP contribution in [0, 0.1) is 0 Å². The van der Waals surface area contributed by atoms with Gasteiger partial charge in [-0.1, -0.05) is 83.3 Å². The zero-order chi connectivity index (χ0) is 27.4. The van der Waals surface area contributed by atoms with Gasteiger partial charge in [0, 0.05) is 0 Å². The zero-order valence-electron chi connectivity index (χ0n) is 23.4. The number of aliphatic carboxylic acids is 3. The summed E-state index contributed by atoms with van der Waals surface area (Å²) in [5.41, 5.74) is 0. The first-order valence-electron chi connectivity index (χ1n) is 14.3. The molecule has 0 aliphatic carbocycles. The normalized spacial score (nSPS) is 15.9. The van der Waals surface area contributed by atoms with Crippen molar-refractivity contribution in [1.82, 2.24) is 0 Å². The van der Waals surface area contributed by atoms with E-state index in [0.29, 0.717) is 6.42 Å². The van der Waals surface area contributed by atoms with Gasteiger partial charge in [-0.3, -0.25) is 4.48 Å². The Balaban J connectivity index is 4.21. The van der Waals surface area contributed by atoms with Crippen molar-refractivity contribution in [1.29, 1.82) is 0 Å². The molecular weight excluding hydrogens is 458 g/mol. The van der Waals surface area contributed by atoms with Crippen molar-refractivity contribution in [3.8, 4) is 0 Å². The highest BCUT2D eigenvalue weighted by Crippen LogP contribution is 2.27. The topological polar surface area (TPSA) is 115 Å². The Morgan fingerprint density at radius 2 is 1.00 bits per heavy atom. The summed E-state index contributed by atoms with van der Waals surface area (Å²) in [7, 11) is 0. The number of unbranched alkanes of at least 4 members (excludes halogenated alkanes) is 14. The number of hydrogen-bond acceptors (Lipinski definition) is 4. The second-order valence-corrected chi connectivity index (χ2v) is 10.4. The van der Waals surface area contributed by atoms with Gasteiger partial charge in [-0.05, 0) is 59.3 Å². The fourth-order valence-electron chi connectivity index (χ4n) is 5.18. The van der Waals surface area contributed by atoms with Crippen LogP contribution in [-0.2, 0) is 14.4 Å². The standard InChI is InChI=1S/C29H53NO6/c1-5-6-7-8-9-10-11-12-13-14-15-16-17-18-19-20-21-22-23-30(24(2)27(31)32,25(3)28(33)34)26(4)29(35)36/h10-11,24-26H,5-9,12-23H2,1-4H3,(H2-,31,32,33,34,35,36)/b11-10+. The summed E-state index contributed by atoms with van der Waals surface area (Å²) in [6.07, 6.45) is 23.2. The monoisotopic (exact) mass is 511 g/mol. The van der Waals surface area contributed by atoms with Gasteiger partial charge in [-0.2, -0.15) is 0 Å². The fourth-order valence-corrected chi connectivity index (χ4v) is 5.18. The Hall–Kier alpha value is -1.89. The van der Waals surface area contributed by atoms with Gasteiger partial charge < -0.3 is 20.1 Å². The van der Waals surface area contributed by atoms with Gasteiger partial charge in [0.15, 0.2) is 12.1 Å². The Bertz CT molecular complexity index is 597. The molecule has 36 heavy (non-hydrogen) atoms. The molecule has 7 heteroatoms. The van der Waals surface area contributed by atoms with Crippen LogP contribution in [0.1, 0.15) is 130 Å². The number of rotatable bonds is 24. The largest absolute Gasteiger partial charge is 0.544 e. The van der Waals surface area contributed by atoms with Crippen molar-refractivity contribution >= 4 is 17.9 Å². The lowest BCUT2D eigenvalue weighted by molar-refractivity contribution is -0.969. The molecule has 0 amide bonds. The lowest BCUT2D eigenvalue weighted by Crippen LogP contribution is -2.72. The van der Waals surface area contributed by atoms with E-state index in [2.05, 4.69) is 19.1 Å². The minimum absolute atomic E-state index is 0.184. The predicted molar refractivity (Wildman–Crippen MR) is 142 cm³/mol. The summed E-state index contributed by atoms with van der Waals surface area (Å²) >= 11 is 0. The molecule has 0 saturated carbocycles. The molecule has 0 bridgehead atoms. The van der Waals surface area contributed by atoms with E-state index < -0.39 is 40.5 Å². The lowest BCUT2D eigenvalue weighted by atomic mass is 10.00. The molecule has 0 aromatic carbocycles. The first-order chi connectivity index (χ1) is 17.1. The number of nitrogens with zero attached hydrogens (tertiary/aromatic N) is 1. The highest BCUT2D eigenvalue weighted by molar-refractivity contribution is 5.76. The minimum Gasteiger partial charge on any atom is -0.544 e. The van der Waals surface area contributed by atoms with E-state index >= 15 is 0 Å². The molecule has 0 aromatic heterocycles. The maximum Gasteiger partial charge on any atom is 0.362 e. The number of allylic oxidation sites excluding steroid dienone is 2. The Morgan fingerprint density at radius 3 is 1.36 bits per heavy atom. The van der Waals surface area contributed by atoms with Crippen molar-refractivity contribution < 1.29 is 34.2 Å². The molecule has 0 spiro atoms. The third-order valence-electron chi connectivity index (χ3n) is 7.78. The molecule has 0 radical (unpaired) electrons. The zero-order valence-corrected chi connectivity index (χ0v) is 23.4. The molecular formula is C29H53NO6. The number of carboxylic acids is 3. The maximum absolute atomic E-state index is 11.8. The smallest absolute Gasteiger partial charge is 0.362 e. The molecule has 3 unspecified atom stereocenters.